The van der Waals surface area contributed by atoms with E-state index in [0.29, 0.717) is 28.9 Å². The van der Waals surface area contributed by atoms with Gasteiger partial charge in [-0.05, 0) is 42.8 Å². The molecule has 4 rings (SSSR count). The topological polar surface area (TPSA) is 80.2 Å². The molecule has 0 spiro atoms. The molecule has 31 heavy (non-hydrogen) atoms. The lowest BCUT2D eigenvalue weighted by molar-refractivity contribution is -0.118. The highest BCUT2D eigenvalue weighted by molar-refractivity contribution is 8.14. The third-order valence-electron chi connectivity index (χ3n) is 4.60. The van der Waals surface area contributed by atoms with Crippen molar-refractivity contribution < 1.29 is 19.1 Å². The van der Waals surface area contributed by atoms with Crippen LogP contribution in [-0.4, -0.2) is 36.1 Å². The highest BCUT2D eigenvalue weighted by Gasteiger charge is 2.32. The van der Waals surface area contributed by atoms with Gasteiger partial charge in [-0.15, -0.1) is 6.58 Å². The fourth-order valence-corrected chi connectivity index (χ4v) is 3.89. The van der Waals surface area contributed by atoms with E-state index in [4.69, 9.17) is 9.47 Å². The SMILES string of the molecule is C=CCNC(=O)CSC1=N/C(=C/c2ccc3c(c2)OCO3)C(=O)N1c1ccc(C)cc1. The Bertz CT molecular complexity index is 1090. The van der Waals surface area contributed by atoms with Crippen molar-refractivity contribution in [2.24, 2.45) is 4.99 Å². The zero-order chi connectivity index (χ0) is 21.8. The summed E-state index contributed by atoms with van der Waals surface area (Å²) in [7, 11) is 0. The normalized spacial score (nSPS) is 15.9. The fraction of sp³-hybridized carbons (Fsp3) is 0.174. The summed E-state index contributed by atoms with van der Waals surface area (Å²) in [5.74, 6) is 1.03. The molecule has 2 aromatic rings. The minimum atomic E-state index is -0.254. The minimum absolute atomic E-state index is 0.139. The van der Waals surface area contributed by atoms with E-state index in [0.717, 1.165) is 11.1 Å². The maximum absolute atomic E-state index is 13.2. The number of fused-ring (bicyclic) bond motifs is 1. The van der Waals surface area contributed by atoms with Gasteiger partial charge in [0.2, 0.25) is 12.7 Å². The molecule has 0 bridgehead atoms. The molecule has 0 saturated heterocycles. The predicted molar refractivity (Wildman–Crippen MR) is 122 cm³/mol. The molecule has 0 aliphatic carbocycles. The number of aryl methyl sites for hydroxylation is 1. The highest BCUT2D eigenvalue weighted by Crippen LogP contribution is 2.34. The first-order valence-corrected chi connectivity index (χ1v) is 10.7. The van der Waals surface area contributed by atoms with E-state index in [1.807, 2.05) is 43.3 Å². The Morgan fingerprint density at radius 3 is 2.77 bits per heavy atom. The van der Waals surface area contributed by atoms with Gasteiger partial charge in [-0.3, -0.25) is 14.5 Å². The predicted octanol–water partition coefficient (Wildman–Crippen LogP) is 3.50. The molecule has 158 valence electrons. The lowest BCUT2D eigenvalue weighted by Crippen LogP contribution is -2.32. The van der Waals surface area contributed by atoms with Gasteiger partial charge in [0.15, 0.2) is 16.7 Å². The minimum Gasteiger partial charge on any atom is -0.454 e. The second-order valence-electron chi connectivity index (χ2n) is 6.89. The number of aliphatic imine (C=N–C) groups is 1. The van der Waals surface area contributed by atoms with Gasteiger partial charge in [0, 0.05) is 6.54 Å². The lowest BCUT2D eigenvalue weighted by atomic mass is 10.1. The molecule has 2 aromatic carbocycles. The molecular formula is C23H21N3O4S. The molecule has 2 heterocycles. The number of hydrogen-bond donors (Lipinski definition) is 1. The van der Waals surface area contributed by atoms with Crippen LogP contribution < -0.4 is 19.7 Å². The van der Waals surface area contributed by atoms with Gasteiger partial charge in [-0.25, -0.2) is 4.99 Å². The Hall–Kier alpha value is -3.52. The van der Waals surface area contributed by atoms with E-state index < -0.39 is 0 Å². The van der Waals surface area contributed by atoms with Crippen molar-refractivity contribution >= 4 is 40.5 Å². The maximum Gasteiger partial charge on any atom is 0.283 e. The summed E-state index contributed by atoms with van der Waals surface area (Å²) in [5.41, 5.74) is 2.84. The number of ether oxygens (including phenoxy) is 2. The van der Waals surface area contributed by atoms with E-state index in [1.54, 1.807) is 18.2 Å². The van der Waals surface area contributed by atoms with Crippen LogP contribution in [0.4, 0.5) is 5.69 Å². The number of anilines is 1. The molecule has 2 amide bonds. The van der Waals surface area contributed by atoms with Crippen molar-refractivity contribution in [3.05, 3.63) is 71.9 Å². The van der Waals surface area contributed by atoms with Crippen molar-refractivity contribution in [3.8, 4) is 11.5 Å². The van der Waals surface area contributed by atoms with Crippen molar-refractivity contribution in [3.63, 3.8) is 0 Å². The Morgan fingerprint density at radius 2 is 2.00 bits per heavy atom. The zero-order valence-corrected chi connectivity index (χ0v) is 17.8. The van der Waals surface area contributed by atoms with E-state index in [2.05, 4.69) is 16.9 Å². The Balaban J connectivity index is 1.62. The van der Waals surface area contributed by atoms with Crippen LogP contribution in [0, 0.1) is 6.92 Å². The molecule has 2 aliphatic rings. The summed E-state index contributed by atoms with van der Waals surface area (Å²) in [5, 5.41) is 3.18. The number of benzene rings is 2. The third-order valence-corrected chi connectivity index (χ3v) is 5.54. The Labute approximate surface area is 184 Å². The number of carbonyl (C=O) groups is 2. The number of rotatable bonds is 6. The first-order valence-electron chi connectivity index (χ1n) is 9.67. The fourth-order valence-electron chi connectivity index (χ4n) is 3.04. The molecule has 0 fully saturated rings. The number of carbonyl (C=O) groups excluding carboxylic acids is 2. The number of thioether (sulfide) groups is 1. The van der Waals surface area contributed by atoms with E-state index >= 15 is 0 Å². The molecule has 8 heteroatoms. The van der Waals surface area contributed by atoms with Crippen molar-refractivity contribution in [2.45, 2.75) is 6.92 Å². The molecular weight excluding hydrogens is 414 g/mol. The number of hydrogen-bond acceptors (Lipinski definition) is 6. The largest absolute Gasteiger partial charge is 0.454 e. The summed E-state index contributed by atoms with van der Waals surface area (Å²) < 4.78 is 10.7. The molecule has 0 atom stereocenters. The standard InChI is InChI=1S/C23H21N3O4S/c1-3-10-24-21(27)13-31-23-25-18(11-16-6-9-19-20(12-16)30-14-29-19)22(28)26(23)17-7-4-15(2)5-8-17/h3-9,11-12H,1,10,13-14H2,2H3,(H,24,27)/b18-11+. The van der Waals surface area contributed by atoms with Gasteiger partial charge in [-0.2, -0.15) is 0 Å². The lowest BCUT2D eigenvalue weighted by Gasteiger charge is -2.17. The number of amides is 2. The second kappa shape index (κ2) is 9.09. The van der Waals surface area contributed by atoms with Crippen LogP contribution in [0.5, 0.6) is 11.5 Å². The second-order valence-corrected chi connectivity index (χ2v) is 7.84. The molecule has 1 N–H and O–H groups in total. The van der Waals surface area contributed by atoms with Gasteiger partial charge in [0.1, 0.15) is 5.70 Å². The highest BCUT2D eigenvalue weighted by atomic mass is 32.2. The number of nitrogens with zero attached hydrogens (tertiary/aromatic N) is 2. The number of amidine groups is 1. The Kier molecular flexibility index (Phi) is 6.08. The van der Waals surface area contributed by atoms with Crippen LogP contribution >= 0.6 is 11.8 Å². The quantitative estimate of drug-likeness (QED) is 0.555. The maximum atomic E-state index is 13.2. The zero-order valence-electron chi connectivity index (χ0n) is 17.0. The van der Waals surface area contributed by atoms with Crippen LogP contribution in [0.2, 0.25) is 0 Å². The summed E-state index contributed by atoms with van der Waals surface area (Å²) in [6.07, 6.45) is 3.32. The molecule has 0 radical (unpaired) electrons. The first kappa shape index (κ1) is 20.7. The van der Waals surface area contributed by atoms with Crippen LogP contribution in [0.25, 0.3) is 6.08 Å². The molecule has 0 saturated carbocycles. The summed E-state index contributed by atoms with van der Waals surface area (Å²) in [6, 6.07) is 13.0. The average Bonchev–Trinajstić information content (AvgIpc) is 3.35. The van der Waals surface area contributed by atoms with Gasteiger partial charge < -0.3 is 14.8 Å². The molecule has 7 nitrogen and oxygen atoms in total. The van der Waals surface area contributed by atoms with E-state index in [-0.39, 0.29) is 30.1 Å². The summed E-state index contributed by atoms with van der Waals surface area (Å²) >= 11 is 1.21. The molecule has 2 aliphatic heterocycles. The van der Waals surface area contributed by atoms with E-state index in [1.165, 1.54) is 16.7 Å². The Morgan fingerprint density at radius 1 is 1.23 bits per heavy atom. The number of nitrogens with one attached hydrogen (secondary N) is 1. The summed E-state index contributed by atoms with van der Waals surface area (Å²) in [6.45, 7) is 6.14. The molecule has 0 unspecified atom stereocenters. The molecule has 0 aromatic heterocycles. The van der Waals surface area contributed by atoms with Crippen LogP contribution in [0.1, 0.15) is 11.1 Å². The third kappa shape index (κ3) is 4.64. The van der Waals surface area contributed by atoms with Crippen molar-refractivity contribution in [2.75, 3.05) is 24.0 Å². The van der Waals surface area contributed by atoms with Gasteiger partial charge in [-0.1, -0.05) is 41.6 Å². The monoisotopic (exact) mass is 435 g/mol. The average molecular weight is 436 g/mol. The van der Waals surface area contributed by atoms with Gasteiger partial charge in [0.05, 0.1) is 11.4 Å². The first-order chi connectivity index (χ1) is 15.0. The van der Waals surface area contributed by atoms with E-state index in [9.17, 15) is 9.59 Å². The van der Waals surface area contributed by atoms with Crippen LogP contribution in [-0.2, 0) is 9.59 Å². The van der Waals surface area contributed by atoms with Crippen LogP contribution in [0.15, 0.2) is 65.8 Å². The van der Waals surface area contributed by atoms with Gasteiger partial charge >= 0.3 is 0 Å². The summed E-state index contributed by atoms with van der Waals surface area (Å²) in [4.78, 5) is 31.3. The van der Waals surface area contributed by atoms with Crippen LogP contribution in [0.3, 0.4) is 0 Å². The van der Waals surface area contributed by atoms with Crippen molar-refractivity contribution in [1.82, 2.24) is 5.32 Å². The smallest absolute Gasteiger partial charge is 0.283 e. The van der Waals surface area contributed by atoms with Crippen molar-refractivity contribution in [1.29, 1.82) is 0 Å². The van der Waals surface area contributed by atoms with Gasteiger partial charge in [0.25, 0.3) is 5.91 Å².